The average molecular weight is 3100 g/mol. The van der Waals surface area contributed by atoms with Crippen LogP contribution in [0.1, 0.15) is 36.1 Å². The predicted molar refractivity (Wildman–Crippen MR) is 522 cm³/mol. The van der Waals surface area contributed by atoms with Crippen LogP contribution in [0.2, 0.25) is 26.2 Å². The Labute approximate surface area is 946 Å². The summed E-state index contributed by atoms with van der Waals surface area (Å²) in [6.45, 7) is 13.0. The third kappa shape index (κ3) is 28.2. The predicted octanol–water partition coefficient (Wildman–Crippen LogP) is 9.40. The van der Waals surface area contributed by atoms with Gasteiger partial charge < -0.3 is 58.1 Å². The van der Waals surface area contributed by atoms with Gasteiger partial charge in [-0.25, -0.2) is 78.4 Å². The molecule has 0 aliphatic carbocycles. The van der Waals surface area contributed by atoms with E-state index in [1.54, 1.807) is 100 Å². The number of pyridine rings is 2. The summed E-state index contributed by atoms with van der Waals surface area (Å²) in [5.74, 6) is 4.56. The van der Waals surface area contributed by atoms with E-state index in [2.05, 4.69) is 257 Å². The molecule has 0 N–H and O–H groups in total. The van der Waals surface area contributed by atoms with Gasteiger partial charge in [0.05, 0.1) is 11.6 Å². The molecule has 0 spiro atoms. The van der Waals surface area contributed by atoms with Crippen molar-refractivity contribution in [2.24, 2.45) is 0 Å². The number of hydrogen-bond acceptors (Lipinski definition) is 30. The maximum Gasteiger partial charge on any atom is 2.00 e. The molecule has 0 saturated carbocycles. The monoisotopic (exact) mass is 3090 g/mol. The minimum absolute atomic E-state index is 0. The number of hydrogen-bond donors (Lipinski definition) is 0. The van der Waals surface area contributed by atoms with Crippen molar-refractivity contribution in [3.63, 3.8) is 0 Å². The smallest absolute Gasteiger partial charge is 0.509 e. The van der Waals surface area contributed by atoms with E-state index in [9.17, 15) is 0 Å². The van der Waals surface area contributed by atoms with Crippen LogP contribution in [0.4, 0.5) is 0 Å². The van der Waals surface area contributed by atoms with Crippen LogP contribution < -0.4 is 30.7 Å². The molecule has 50 heteroatoms. The molecule has 0 amide bonds. The summed E-state index contributed by atoms with van der Waals surface area (Å²) in [7, 11) is -4.31. The summed E-state index contributed by atoms with van der Waals surface area (Å²) in [6, 6.07) is 92.0. The first-order chi connectivity index (χ1) is 70.6. The summed E-state index contributed by atoms with van der Waals surface area (Å²) in [4.78, 5) is 66.3. The third-order valence-electron chi connectivity index (χ3n) is 21.6. The fourth-order valence-electron chi connectivity index (χ4n) is 14.1. The number of rotatable bonds is 24. The molecule has 16 aromatic heterocycles. The van der Waals surface area contributed by atoms with Gasteiger partial charge in [-0.1, -0.05) is 64.3 Å². The number of aromatic nitrogens is 40. The quantitative estimate of drug-likeness (QED) is 0.0401. The molecule has 24 aromatic rings. The number of ether oxygens (including phenoxy) is 2. The van der Waals surface area contributed by atoms with E-state index >= 15 is 0 Å². The van der Waals surface area contributed by atoms with E-state index < -0.39 is 16.1 Å². The summed E-state index contributed by atoms with van der Waals surface area (Å²) in [6.07, 6.45) is 46.8. The van der Waals surface area contributed by atoms with E-state index in [0.29, 0.717) is 46.5 Å². The molecule has 0 fully saturated rings. The zero-order chi connectivity index (χ0) is 98.3. The molecule has 756 valence electrons. The van der Waals surface area contributed by atoms with Gasteiger partial charge in [0.2, 0.25) is 0 Å². The van der Waals surface area contributed by atoms with Crippen LogP contribution in [0.5, 0.6) is 23.0 Å². The van der Waals surface area contributed by atoms with Crippen LogP contribution in [-0.4, -0.2) is 213 Å². The molecule has 0 bridgehead atoms. The van der Waals surface area contributed by atoms with Crippen LogP contribution in [0.3, 0.4) is 0 Å². The summed E-state index contributed by atoms with van der Waals surface area (Å²) in [5, 5.41) is 53.2. The van der Waals surface area contributed by atoms with Crippen molar-refractivity contribution in [1.82, 2.24) is 197 Å². The molecule has 0 radical (unpaired) electrons. The van der Waals surface area contributed by atoms with Gasteiger partial charge in [0.15, 0.2) is 16.1 Å². The molecule has 24 rings (SSSR count). The van der Waals surface area contributed by atoms with Crippen molar-refractivity contribution in [3.8, 4) is 92.0 Å². The van der Waals surface area contributed by atoms with E-state index in [4.69, 9.17) is 19.4 Å². The van der Waals surface area contributed by atoms with Crippen molar-refractivity contribution in [2.75, 3.05) is 0 Å². The Hall–Kier alpha value is -15.8. The summed E-state index contributed by atoms with van der Waals surface area (Å²) in [5.41, 5.74) is 10.5. The van der Waals surface area contributed by atoms with E-state index in [1.165, 1.54) is 82.0 Å². The second kappa shape index (κ2) is 53.2. The molecule has 150 heavy (non-hydrogen) atoms. The van der Waals surface area contributed by atoms with Gasteiger partial charge in [0.1, 0.15) is 87.8 Å². The first-order valence-electron chi connectivity index (χ1n) is 44.0. The Bertz CT molecular complexity index is 6910. The second-order valence-corrected chi connectivity index (χ2v) is 40.7. The maximum atomic E-state index is 5.86. The van der Waals surface area contributed by atoms with E-state index in [-0.39, 0.29) is 132 Å². The first kappa shape index (κ1) is 111. The average Bonchev–Trinajstić information content (AvgIpc) is 1.38. The maximum absolute atomic E-state index is 5.86. The molecule has 0 aliphatic heterocycles. The molecule has 42 nitrogen and oxygen atoms in total. The van der Waals surface area contributed by atoms with E-state index in [0.717, 1.165) is 95.4 Å². The van der Waals surface area contributed by atoms with Crippen LogP contribution in [0.25, 0.3) is 69.0 Å². The second-order valence-electron chi connectivity index (χ2n) is 32.2. The van der Waals surface area contributed by atoms with Gasteiger partial charge in [-0.05, 0) is 93.7 Å². The molecular weight excluding hydrogens is 3020 g/mol. The van der Waals surface area contributed by atoms with Crippen molar-refractivity contribution in [2.45, 2.75) is 51.9 Å². The Morgan fingerprint density at radius 2 is 0.540 bits per heavy atom. The van der Waals surface area contributed by atoms with Crippen molar-refractivity contribution in [3.05, 3.63) is 441 Å². The zero-order valence-corrected chi connectivity index (χ0v) is 94.8. The van der Waals surface area contributed by atoms with Gasteiger partial charge in [-0.2, -0.15) is 160 Å². The Balaban J connectivity index is 0.000000149. The Morgan fingerprint density at radius 3 is 0.833 bits per heavy atom. The normalized spacial score (nSPS) is 10.7. The SMILES string of the molecule is CC(C)(c1[c-]c(-n2cncn2)ccc1)c1[c-]c(-n2cncn2)ccc1.C[Si](C)(c1cccc(-n2[c-]ncn2)n1)c1cccc(-n2[c-]ncn2)n1.C[Si](C)(c1ccnc(-n2[c-]ncn2)n1)c1ccnc(-n2[c-]ncn2)n1.[Pt+2].[Pt+2].[Pt+2].[Pt+2].[Pt+2].[Pt+2].[c-]1c(Cc2[c-]c(-n3cncn3)ccc2)cccc1-n1cncn1.[c-]1c(Oc2[c-]c(-n3cccn3)ccc2)cccc1-n1cccn1.[c-]1c(Oc2[c-]c(-n3cncn3)ccc2)cccc1-n1cncn1. The Kier molecular flexibility index (Phi) is 39.5. The van der Waals surface area contributed by atoms with Gasteiger partial charge >= 0.3 is 126 Å². The van der Waals surface area contributed by atoms with Gasteiger partial charge in [0, 0.05) is 132 Å². The number of benzene rings is 8. The molecule has 0 saturated heterocycles. The van der Waals surface area contributed by atoms with Gasteiger partial charge in [0.25, 0.3) is 0 Å². The molecule has 0 unspecified atom stereocenters. The van der Waals surface area contributed by atoms with Crippen LogP contribution in [0.15, 0.2) is 345 Å². The van der Waals surface area contributed by atoms with Crippen molar-refractivity contribution >= 4 is 37.4 Å². The van der Waals surface area contributed by atoms with Crippen molar-refractivity contribution in [1.29, 1.82) is 0 Å². The molecule has 0 aliphatic rings. The van der Waals surface area contributed by atoms with E-state index in [1.807, 2.05) is 207 Å². The van der Waals surface area contributed by atoms with Gasteiger partial charge in [-0.3, -0.25) is 29.3 Å². The topological polar surface area (TPSA) is 439 Å². The zero-order valence-electron chi connectivity index (χ0n) is 79.1. The number of nitrogens with zero attached hydrogens (tertiary/aromatic N) is 40. The van der Waals surface area contributed by atoms with Gasteiger partial charge in [-0.15, -0.1) is 97.1 Å². The summed E-state index contributed by atoms with van der Waals surface area (Å²) < 4.78 is 31.0. The molecule has 8 aromatic carbocycles. The summed E-state index contributed by atoms with van der Waals surface area (Å²) >= 11 is 0. The Morgan fingerprint density at radius 1 is 0.260 bits per heavy atom. The van der Waals surface area contributed by atoms with Crippen LogP contribution in [0, 0.1) is 73.8 Å². The minimum Gasteiger partial charge on any atom is -0.509 e. The standard InChI is InChI=1S/C19H16N6.C18H12N4O.C17H12N6.C16H14N8Si.C16H10N6O.C14H12N10Si.6Pt/c1-19(2,15-5-3-7-17(9-15)24-13-20-11-22-24)16-6-4-8-18(10-16)25-14-21-12-23-25;1-5-15(21-11-3-9-19-21)13-17(7-1)23-18-8-2-6-16(14-18)22-12-4-10-20-22;1-3-14(8-16(5-1)22-12-18-10-20-22)7-15-4-2-6-17(9-15)23-13-19-11-21-23;1-25(2,15-7-3-5-13(21-15)23-11-17-9-19-23)16-8-4-6-14(22-16)24-12-18-10-20-24;1-3-13(21-11-17-9-19-21)7-15(5-1)23-16-6-2-4-14(8-16)22-12-18-10-20-22;1-25(2,11-3-5-17-13(21-11)23-9-15-7-19-23)12-4-6-18-14(22-12)24-10-16-8-20-24;;;;;;/h3-8,11-14H,1-2H3;1-12H;1-6,10-13H,7H2;3-10H,1-2H3;1-6,9-12H;3-8H,1-2H3;;;;;;/q6*-2;6*+2. The fraction of sp³-hybridized carbons (Fsp3) is 0.0800. The van der Waals surface area contributed by atoms with Crippen molar-refractivity contribution < 1.29 is 136 Å². The first-order valence-corrected chi connectivity index (χ1v) is 50.0. The minimum atomic E-state index is -2.20. The van der Waals surface area contributed by atoms with Crippen LogP contribution >= 0.6 is 0 Å². The van der Waals surface area contributed by atoms with Crippen LogP contribution in [-0.2, 0) is 138 Å². The largest absolute Gasteiger partial charge is 2.00 e. The molecule has 16 heterocycles. The fourth-order valence-corrected chi connectivity index (χ4v) is 18.2. The third-order valence-corrected chi connectivity index (χ3v) is 27.8. The molecule has 0 atom stereocenters. The molecular formula is C100H76N40O2Pt6Si2.